The molecule has 0 aliphatic carbocycles. The van der Waals surface area contributed by atoms with Crippen LogP contribution in [0, 0.1) is 0 Å². The van der Waals surface area contributed by atoms with E-state index in [2.05, 4.69) is 25.0 Å². The summed E-state index contributed by atoms with van der Waals surface area (Å²) in [7, 11) is 1.21. The molecule has 0 aliphatic heterocycles. The first-order valence-corrected chi connectivity index (χ1v) is 9.59. The van der Waals surface area contributed by atoms with Gasteiger partial charge >= 0.3 is 11.9 Å². The lowest BCUT2D eigenvalue weighted by atomic mass is 10.1. The van der Waals surface area contributed by atoms with Gasteiger partial charge in [0, 0.05) is 24.4 Å². The number of halogens is 1. The number of nitrogens with zero attached hydrogens (tertiary/aromatic N) is 3. The molecule has 0 amide bonds. The Morgan fingerprint density at radius 1 is 1.21 bits per heavy atom. The number of nitrogens with one attached hydrogen (secondary N) is 2. The molecule has 2 aromatic carbocycles. The predicted octanol–water partition coefficient (Wildman–Crippen LogP) is 1.07. The maximum absolute atomic E-state index is 11.4. The number of methoxy groups -OCH3 is 1. The SMILES string of the molecule is COC(=O)c1cc(C(=O)O)nc2ccnn12.Nc1c(Nc2cccc(CNCl)c2)c(=O)c1=O. The fraction of sp³-hybridized carbons (Fsp3) is 0.100. The van der Waals surface area contributed by atoms with Crippen molar-refractivity contribution in [3.05, 3.63) is 80.0 Å². The van der Waals surface area contributed by atoms with E-state index in [1.165, 1.54) is 23.9 Å². The summed E-state index contributed by atoms with van der Waals surface area (Å²) in [4.78, 5) is 50.6. The third kappa shape index (κ3) is 4.97. The lowest BCUT2D eigenvalue weighted by Crippen LogP contribution is -2.36. The van der Waals surface area contributed by atoms with Crippen LogP contribution in [0.3, 0.4) is 0 Å². The summed E-state index contributed by atoms with van der Waals surface area (Å²) in [5.41, 5.74) is 6.05. The van der Waals surface area contributed by atoms with Crippen molar-refractivity contribution in [1.29, 1.82) is 0 Å². The van der Waals surface area contributed by atoms with Crippen molar-refractivity contribution >= 4 is 46.4 Å². The molecule has 0 saturated heterocycles. The molecule has 0 aliphatic rings. The van der Waals surface area contributed by atoms with Crippen LogP contribution in [0.2, 0.25) is 0 Å². The Balaban J connectivity index is 0.000000186. The van der Waals surface area contributed by atoms with E-state index in [9.17, 15) is 19.2 Å². The van der Waals surface area contributed by atoms with Gasteiger partial charge in [-0.3, -0.25) is 9.59 Å². The number of carbonyl (C=O) groups is 2. The third-order valence-electron chi connectivity index (χ3n) is 4.39. The molecule has 0 bridgehead atoms. The first-order valence-electron chi connectivity index (χ1n) is 9.21. The largest absolute Gasteiger partial charge is 0.477 e. The zero-order valence-electron chi connectivity index (χ0n) is 17.0. The fourth-order valence-electron chi connectivity index (χ4n) is 2.79. The summed E-state index contributed by atoms with van der Waals surface area (Å²) in [6.07, 6.45) is 1.42. The van der Waals surface area contributed by atoms with Crippen LogP contribution in [-0.4, -0.2) is 38.8 Å². The van der Waals surface area contributed by atoms with Crippen molar-refractivity contribution in [3.63, 3.8) is 0 Å². The van der Waals surface area contributed by atoms with E-state index in [4.69, 9.17) is 22.6 Å². The second-order valence-electron chi connectivity index (χ2n) is 6.51. The number of hydrogen-bond donors (Lipinski definition) is 4. The van der Waals surface area contributed by atoms with E-state index in [1.807, 2.05) is 18.2 Å². The molecule has 0 radical (unpaired) electrons. The summed E-state index contributed by atoms with van der Waals surface area (Å²) in [6, 6.07) is 9.90. The maximum Gasteiger partial charge on any atom is 0.356 e. The molecule has 0 fully saturated rings. The van der Waals surface area contributed by atoms with Gasteiger partial charge in [-0.1, -0.05) is 12.1 Å². The summed E-state index contributed by atoms with van der Waals surface area (Å²) >= 11 is 5.40. The predicted molar refractivity (Wildman–Crippen MR) is 119 cm³/mol. The quantitative estimate of drug-likeness (QED) is 0.179. The average Bonchev–Trinajstić information content (AvgIpc) is 3.30. The summed E-state index contributed by atoms with van der Waals surface area (Å²) in [5.74, 6) is -1.88. The molecular weight excluding hydrogens is 456 g/mol. The van der Waals surface area contributed by atoms with Gasteiger partial charge in [-0.25, -0.2) is 23.9 Å². The van der Waals surface area contributed by atoms with Crippen molar-refractivity contribution in [1.82, 2.24) is 19.4 Å². The number of hydrogen-bond acceptors (Lipinski definition) is 10. The number of aromatic nitrogens is 3. The number of carbonyl (C=O) groups excluding carboxylic acids is 1. The minimum atomic E-state index is -1.21. The maximum atomic E-state index is 11.4. The van der Waals surface area contributed by atoms with Crippen LogP contribution in [-0.2, 0) is 11.3 Å². The van der Waals surface area contributed by atoms with E-state index in [0.717, 1.165) is 11.6 Å². The normalized spacial score (nSPS) is 10.5. The minimum absolute atomic E-state index is 0.0177. The number of nitrogen functional groups attached to an aromatic ring is 1. The topological polar surface area (TPSA) is 178 Å². The molecule has 4 aromatic rings. The number of ether oxygens (including phenoxy) is 1. The van der Waals surface area contributed by atoms with Gasteiger partial charge in [-0.2, -0.15) is 5.10 Å². The van der Waals surface area contributed by atoms with Crippen LogP contribution in [0.5, 0.6) is 0 Å². The van der Waals surface area contributed by atoms with Gasteiger partial charge in [0.05, 0.1) is 13.3 Å². The molecule has 13 heteroatoms. The van der Waals surface area contributed by atoms with Gasteiger partial charge in [0.25, 0.3) is 10.9 Å². The zero-order chi connectivity index (χ0) is 24.1. The van der Waals surface area contributed by atoms with E-state index in [1.54, 1.807) is 6.07 Å². The Morgan fingerprint density at radius 3 is 2.61 bits per heavy atom. The van der Waals surface area contributed by atoms with E-state index in [0.29, 0.717) is 12.2 Å². The number of carboxylic acids is 1. The van der Waals surface area contributed by atoms with E-state index < -0.39 is 22.8 Å². The highest BCUT2D eigenvalue weighted by Gasteiger charge is 2.18. The summed E-state index contributed by atoms with van der Waals surface area (Å²) in [5, 5.41) is 15.5. The molecule has 2 heterocycles. The molecule has 33 heavy (non-hydrogen) atoms. The number of fused-ring (bicyclic) bond motifs is 1. The van der Waals surface area contributed by atoms with Gasteiger partial charge in [0.2, 0.25) is 0 Å². The highest BCUT2D eigenvalue weighted by atomic mass is 35.5. The monoisotopic (exact) mass is 472 g/mol. The van der Waals surface area contributed by atoms with Crippen molar-refractivity contribution in [2.45, 2.75) is 6.54 Å². The van der Waals surface area contributed by atoms with Crippen LogP contribution < -0.4 is 26.7 Å². The van der Waals surface area contributed by atoms with Gasteiger partial charge < -0.3 is 20.9 Å². The van der Waals surface area contributed by atoms with Crippen LogP contribution in [0.1, 0.15) is 26.5 Å². The van der Waals surface area contributed by atoms with Crippen LogP contribution in [0.15, 0.2) is 52.2 Å². The first-order chi connectivity index (χ1) is 15.8. The summed E-state index contributed by atoms with van der Waals surface area (Å²) < 4.78 is 5.75. The van der Waals surface area contributed by atoms with Crippen molar-refractivity contribution in [3.8, 4) is 0 Å². The van der Waals surface area contributed by atoms with E-state index in [-0.39, 0.29) is 28.4 Å². The lowest BCUT2D eigenvalue weighted by molar-refractivity contribution is 0.0590. The molecular formula is C20H17ClN6O6. The smallest absolute Gasteiger partial charge is 0.356 e. The van der Waals surface area contributed by atoms with Crippen molar-refractivity contribution in [2.24, 2.45) is 0 Å². The summed E-state index contributed by atoms with van der Waals surface area (Å²) in [6.45, 7) is 0.498. The third-order valence-corrected chi connectivity index (χ3v) is 4.52. The lowest BCUT2D eigenvalue weighted by Gasteiger charge is -2.10. The van der Waals surface area contributed by atoms with Gasteiger partial charge in [0.15, 0.2) is 17.0 Å². The molecule has 170 valence electrons. The van der Waals surface area contributed by atoms with Crippen molar-refractivity contribution < 1.29 is 19.4 Å². The minimum Gasteiger partial charge on any atom is -0.477 e. The Labute approximate surface area is 190 Å². The second-order valence-corrected chi connectivity index (χ2v) is 6.77. The molecule has 12 nitrogen and oxygen atoms in total. The Bertz CT molecular complexity index is 1410. The number of benzene rings is 1. The molecule has 0 saturated carbocycles. The highest BCUT2D eigenvalue weighted by molar-refractivity contribution is 6.13. The number of esters is 1. The van der Waals surface area contributed by atoms with Gasteiger partial charge in [-0.05, 0) is 29.5 Å². The van der Waals surface area contributed by atoms with Crippen LogP contribution >= 0.6 is 11.8 Å². The van der Waals surface area contributed by atoms with Gasteiger partial charge in [0.1, 0.15) is 11.4 Å². The molecule has 0 unspecified atom stereocenters. The van der Waals surface area contributed by atoms with Crippen molar-refractivity contribution in [2.75, 3.05) is 18.2 Å². The van der Waals surface area contributed by atoms with Gasteiger partial charge in [-0.15, -0.1) is 0 Å². The Hall–Kier alpha value is -4.29. The highest BCUT2D eigenvalue weighted by Crippen LogP contribution is 2.19. The number of carboxylic acid groups (broad SMARTS) is 1. The molecule has 2 aromatic heterocycles. The Morgan fingerprint density at radius 2 is 1.97 bits per heavy atom. The average molecular weight is 473 g/mol. The second kappa shape index (κ2) is 9.89. The molecule has 4 rings (SSSR count). The Kier molecular flexibility index (Phi) is 7.00. The number of nitrogens with two attached hydrogens (primary N) is 1. The van der Waals surface area contributed by atoms with E-state index >= 15 is 0 Å². The fourth-order valence-corrected chi connectivity index (χ4v) is 2.94. The zero-order valence-corrected chi connectivity index (χ0v) is 17.8. The first kappa shape index (κ1) is 23.4. The van der Waals surface area contributed by atoms with Crippen LogP contribution in [0.25, 0.3) is 5.65 Å². The number of rotatable bonds is 6. The number of anilines is 3. The van der Waals surface area contributed by atoms with Crippen LogP contribution in [0.4, 0.5) is 17.1 Å². The molecule has 0 spiro atoms. The number of aromatic carboxylic acids is 1. The molecule has 0 atom stereocenters. The molecule has 5 N–H and O–H groups in total. The standard InChI is InChI=1S/C11H10ClN3O2.C9H7N3O4/c12-14-5-6-2-1-3-7(4-6)15-9-8(13)10(16)11(9)17;1-16-9(15)6-4-5(8(13)14)11-7-2-3-10-12(6)7/h1-4,14-15H,5,13H2;2-4H,1H3,(H,13,14).